The Kier molecular flexibility index (Phi) is 7.16. The number of amides is 1. The lowest BCUT2D eigenvalue weighted by atomic mass is 9.83. The molecule has 0 spiro atoms. The van der Waals surface area contributed by atoms with Crippen molar-refractivity contribution in [1.82, 2.24) is 5.32 Å². The van der Waals surface area contributed by atoms with Crippen LogP contribution in [0.4, 0.5) is 0 Å². The highest BCUT2D eigenvalue weighted by molar-refractivity contribution is 7.94. The zero-order valence-corrected chi connectivity index (χ0v) is 17.4. The Morgan fingerprint density at radius 2 is 1.75 bits per heavy atom. The van der Waals surface area contributed by atoms with Gasteiger partial charge in [0.25, 0.3) is 0 Å². The molecule has 0 radical (unpaired) electrons. The zero-order valence-electron chi connectivity index (χ0n) is 15.9. The van der Waals surface area contributed by atoms with E-state index in [0.717, 1.165) is 16.5 Å². The van der Waals surface area contributed by atoms with Crippen LogP contribution < -0.4 is 5.32 Å². The van der Waals surface area contributed by atoms with E-state index in [9.17, 15) is 13.2 Å². The maximum atomic E-state index is 12.7. The maximum absolute atomic E-state index is 12.7. The quantitative estimate of drug-likeness (QED) is 0.660. The summed E-state index contributed by atoms with van der Waals surface area (Å²) in [5.41, 5.74) is 0.838. The minimum absolute atomic E-state index is 0.157. The highest BCUT2D eigenvalue weighted by Gasteiger charge is 2.29. The molecule has 0 saturated carbocycles. The second kappa shape index (κ2) is 9.17. The van der Waals surface area contributed by atoms with E-state index >= 15 is 0 Å². The standard InChI is InChI=1S/C21H23ClN2O3S/c1-21(2,20(25)24-15-16-5-9-18(22)10-6-16)17-7-11-19(12-8-17)28(26,27)14-4-13-23-3/h4-12,14H,3,13,15H2,1-2H3,(H,24,25). The molecule has 0 bridgehead atoms. The molecule has 0 heterocycles. The summed E-state index contributed by atoms with van der Waals surface area (Å²) in [6.45, 7) is 7.51. The molecular formula is C21H23ClN2O3S. The first-order chi connectivity index (χ1) is 13.2. The van der Waals surface area contributed by atoms with Gasteiger partial charge in [0.05, 0.1) is 16.9 Å². The fourth-order valence-electron chi connectivity index (χ4n) is 2.52. The second-order valence-corrected chi connectivity index (χ2v) is 9.05. The molecule has 0 saturated heterocycles. The summed E-state index contributed by atoms with van der Waals surface area (Å²) in [4.78, 5) is 16.4. The molecule has 0 aliphatic rings. The molecule has 0 fully saturated rings. The van der Waals surface area contributed by atoms with Gasteiger partial charge in [-0.2, -0.15) is 0 Å². The van der Waals surface area contributed by atoms with Crippen LogP contribution in [0.3, 0.4) is 0 Å². The van der Waals surface area contributed by atoms with Crippen LogP contribution in [0.5, 0.6) is 0 Å². The van der Waals surface area contributed by atoms with Crippen molar-refractivity contribution in [3.8, 4) is 0 Å². The number of rotatable bonds is 8. The fourth-order valence-corrected chi connectivity index (χ4v) is 3.66. The van der Waals surface area contributed by atoms with Gasteiger partial charge in [-0.05, 0) is 56.0 Å². The molecule has 0 aromatic heterocycles. The molecule has 7 heteroatoms. The Morgan fingerprint density at radius 1 is 1.14 bits per heavy atom. The van der Waals surface area contributed by atoms with E-state index in [1.807, 2.05) is 12.1 Å². The van der Waals surface area contributed by atoms with Gasteiger partial charge in [0.2, 0.25) is 5.91 Å². The number of nitrogens with zero attached hydrogens (tertiary/aromatic N) is 1. The number of carbonyl (C=O) groups excluding carboxylic acids is 1. The summed E-state index contributed by atoms with van der Waals surface area (Å²) in [6, 6.07) is 13.6. The van der Waals surface area contributed by atoms with Crippen LogP contribution in [-0.2, 0) is 26.6 Å². The van der Waals surface area contributed by atoms with E-state index in [-0.39, 0.29) is 17.3 Å². The number of hydrogen-bond donors (Lipinski definition) is 1. The number of sulfone groups is 1. The van der Waals surface area contributed by atoms with Crippen molar-refractivity contribution in [2.45, 2.75) is 30.7 Å². The lowest BCUT2D eigenvalue weighted by Crippen LogP contribution is -2.39. The number of benzene rings is 2. The molecule has 0 unspecified atom stereocenters. The number of nitrogens with one attached hydrogen (secondary N) is 1. The van der Waals surface area contributed by atoms with E-state index in [1.54, 1.807) is 38.1 Å². The van der Waals surface area contributed by atoms with E-state index in [2.05, 4.69) is 17.0 Å². The van der Waals surface area contributed by atoms with Gasteiger partial charge >= 0.3 is 0 Å². The molecule has 1 amide bonds. The minimum Gasteiger partial charge on any atom is -0.351 e. The molecule has 28 heavy (non-hydrogen) atoms. The smallest absolute Gasteiger partial charge is 0.230 e. The highest BCUT2D eigenvalue weighted by atomic mass is 35.5. The first kappa shape index (κ1) is 21.9. The van der Waals surface area contributed by atoms with E-state index in [0.29, 0.717) is 11.6 Å². The third-order valence-corrected chi connectivity index (χ3v) is 6.08. The van der Waals surface area contributed by atoms with E-state index < -0.39 is 15.3 Å². The van der Waals surface area contributed by atoms with Gasteiger partial charge in [-0.15, -0.1) is 0 Å². The Hall–Kier alpha value is -2.44. The van der Waals surface area contributed by atoms with Crippen molar-refractivity contribution in [3.63, 3.8) is 0 Å². The summed E-state index contributed by atoms with van der Waals surface area (Å²) in [5.74, 6) is -0.157. The lowest BCUT2D eigenvalue weighted by molar-refractivity contribution is -0.125. The van der Waals surface area contributed by atoms with Crippen molar-refractivity contribution >= 4 is 34.1 Å². The predicted molar refractivity (Wildman–Crippen MR) is 114 cm³/mol. The summed E-state index contributed by atoms with van der Waals surface area (Å²) in [5, 5.41) is 4.66. The van der Waals surface area contributed by atoms with Crippen LogP contribution in [0.25, 0.3) is 0 Å². The fraction of sp³-hybridized carbons (Fsp3) is 0.238. The molecular weight excluding hydrogens is 396 g/mol. The van der Waals surface area contributed by atoms with Crippen LogP contribution in [-0.4, -0.2) is 27.6 Å². The summed E-state index contributed by atoms with van der Waals surface area (Å²) in [6.07, 6.45) is 1.43. The largest absolute Gasteiger partial charge is 0.351 e. The van der Waals surface area contributed by atoms with Gasteiger partial charge in [-0.25, -0.2) is 8.42 Å². The average Bonchev–Trinajstić information content (AvgIpc) is 2.67. The van der Waals surface area contributed by atoms with Crippen LogP contribution in [0.2, 0.25) is 5.02 Å². The van der Waals surface area contributed by atoms with Gasteiger partial charge in [-0.3, -0.25) is 9.79 Å². The summed E-state index contributed by atoms with van der Waals surface area (Å²) < 4.78 is 24.5. The predicted octanol–water partition coefficient (Wildman–Crippen LogP) is 3.92. The lowest BCUT2D eigenvalue weighted by Gasteiger charge is -2.24. The molecule has 0 aliphatic heterocycles. The van der Waals surface area contributed by atoms with Crippen molar-refractivity contribution in [2.24, 2.45) is 4.99 Å². The monoisotopic (exact) mass is 418 g/mol. The molecule has 2 aromatic carbocycles. The Labute approximate surface area is 171 Å². The number of aliphatic imine (C=N–C) groups is 1. The maximum Gasteiger partial charge on any atom is 0.230 e. The molecule has 5 nitrogen and oxygen atoms in total. The van der Waals surface area contributed by atoms with E-state index in [1.165, 1.54) is 18.2 Å². The first-order valence-electron chi connectivity index (χ1n) is 8.64. The van der Waals surface area contributed by atoms with Crippen LogP contribution in [0.1, 0.15) is 25.0 Å². The Bertz CT molecular complexity index is 964. The number of carbonyl (C=O) groups is 1. The Morgan fingerprint density at radius 3 is 2.32 bits per heavy atom. The van der Waals surface area contributed by atoms with Gasteiger partial charge in [0.15, 0.2) is 9.84 Å². The third kappa shape index (κ3) is 5.53. The third-order valence-electron chi connectivity index (χ3n) is 4.35. The average molecular weight is 419 g/mol. The molecule has 2 rings (SSSR count). The van der Waals surface area contributed by atoms with Crippen molar-refractivity contribution < 1.29 is 13.2 Å². The van der Waals surface area contributed by atoms with Gasteiger partial charge < -0.3 is 5.32 Å². The Balaban J connectivity index is 2.10. The van der Waals surface area contributed by atoms with E-state index in [4.69, 9.17) is 11.6 Å². The SMILES string of the molecule is C=NCC=CS(=O)(=O)c1ccc(C(C)(C)C(=O)NCc2ccc(Cl)cc2)cc1. The number of halogens is 1. The van der Waals surface area contributed by atoms with Crippen LogP contribution >= 0.6 is 11.6 Å². The van der Waals surface area contributed by atoms with Gasteiger partial charge in [0, 0.05) is 17.0 Å². The summed E-state index contributed by atoms with van der Waals surface area (Å²) >= 11 is 5.87. The molecule has 2 aromatic rings. The minimum atomic E-state index is -3.54. The van der Waals surface area contributed by atoms with Crippen molar-refractivity contribution in [3.05, 3.63) is 76.2 Å². The molecule has 0 aliphatic carbocycles. The van der Waals surface area contributed by atoms with Gasteiger partial charge in [-0.1, -0.05) is 41.9 Å². The highest BCUT2D eigenvalue weighted by Crippen LogP contribution is 2.25. The molecule has 1 N–H and O–H groups in total. The van der Waals surface area contributed by atoms with Crippen LogP contribution in [0, 0.1) is 0 Å². The second-order valence-electron chi connectivity index (χ2n) is 6.78. The normalized spacial score (nSPS) is 12.1. The molecule has 0 atom stereocenters. The zero-order chi connectivity index (χ0) is 20.8. The topological polar surface area (TPSA) is 75.6 Å². The first-order valence-corrected chi connectivity index (χ1v) is 10.6. The number of hydrogen-bond acceptors (Lipinski definition) is 4. The molecule has 148 valence electrons. The van der Waals surface area contributed by atoms with Gasteiger partial charge in [0.1, 0.15) is 0 Å². The summed E-state index contributed by atoms with van der Waals surface area (Å²) in [7, 11) is -3.54. The van der Waals surface area contributed by atoms with Crippen LogP contribution in [0.15, 0.2) is 69.9 Å². The van der Waals surface area contributed by atoms with Crippen molar-refractivity contribution in [2.75, 3.05) is 6.54 Å². The van der Waals surface area contributed by atoms with Crippen molar-refractivity contribution in [1.29, 1.82) is 0 Å².